The predicted octanol–water partition coefficient (Wildman–Crippen LogP) is 1.12. The number of hydrogen-bond acceptors (Lipinski definition) is 6. The van der Waals surface area contributed by atoms with Gasteiger partial charge in [-0.25, -0.2) is 0 Å². The van der Waals surface area contributed by atoms with E-state index in [-0.39, 0.29) is 5.95 Å². The summed E-state index contributed by atoms with van der Waals surface area (Å²) in [7, 11) is 1.76. The number of nitrogens with zero attached hydrogens (tertiary/aromatic N) is 3. The smallest absolute Gasteiger partial charge is 0.225 e. The summed E-state index contributed by atoms with van der Waals surface area (Å²) < 4.78 is 5.52. The summed E-state index contributed by atoms with van der Waals surface area (Å²) in [6.07, 6.45) is 2.48. The first-order chi connectivity index (χ1) is 8.78. The zero-order chi connectivity index (χ0) is 12.8. The molecule has 0 saturated heterocycles. The zero-order valence-electron chi connectivity index (χ0n) is 10.1. The van der Waals surface area contributed by atoms with Crippen molar-refractivity contribution in [1.29, 1.82) is 0 Å². The molecule has 0 fully saturated rings. The highest BCUT2D eigenvalue weighted by Gasteiger charge is 2.02. The summed E-state index contributed by atoms with van der Waals surface area (Å²) in [5.41, 5.74) is 6.54. The molecule has 0 aliphatic carbocycles. The minimum Gasteiger partial charge on any atom is -0.477 e. The van der Waals surface area contributed by atoms with E-state index in [2.05, 4.69) is 20.3 Å². The molecule has 0 unspecified atom stereocenters. The van der Waals surface area contributed by atoms with Crippen LogP contribution in [-0.4, -0.2) is 28.6 Å². The summed E-state index contributed by atoms with van der Waals surface area (Å²) in [5, 5.41) is 2.89. The van der Waals surface area contributed by atoms with Crippen LogP contribution in [0.25, 0.3) is 0 Å². The van der Waals surface area contributed by atoms with Gasteiger partial charge in [0.05, 0.1) is 6.61 Å². The predicted molar refractivity (Wildman–Crippen MR) is 69.4 cm³/mol. The molecule has 0 aliphatic rings. The van der Waals surface area contributed by atoms with Crippen molar-refractivity contribution in [3.63, 3.8) is 0 Å². The molecule has 18 heavy (non-hydrogen) atoms. The molecule has 2 aromatic heterocycles. The van der Waals surface area contributed by atoms with Crippen LogP contribution in [0.1, 0.15) is 5.69 Å². The van der Waals surface area contributed by atoms with Crippen LogP contribution in [0.15, 0.2) is 30.5 Å². The molecule has 94 valence electrons. The molecule has 0 spiro atoms. The van der Waals surface area contributed by atoms with Gasteiger partial charge < -0.3 is 15.8 Å². The molecule has 2 rings (SSSR count). The lowest BCUT2D eigenvalue weighted by Crippen LogP contribution is -2.06. The fourth-order valence-electron chi connectivity index (χ4n) is 1.45. The molecule has 0 aliphatic heterocycles. The average molecular weight is 245 g/mol. The molecule has 6 heteroatoms. The van der Waals surface area contributed by atoms with Crippen molar-refractivity contribution in [3.8, 4) is 5.88 Å². The van der Waals surface area contributed by atoms with E-state index < -0.39 is 0 Å². The van der Waals surface area contributed by atoms with Crippen LogP contribution in [0.4, 0.5) is 11.8 Å². The van der Waals surface area contributed by atoms with Crippen LogP contribution in [0, 0.1) is 0 Å². The van der Waals surface area contributed by atoms with Gasteiger partial charge in [-0.3, -0.25) is 4.98 Å². The van der Waals surface area contributed by atoms with E-state index in [0.29, 0.717) is 18.3 Å². The summed E-state index contributed by atoms with van der Waals surface area (Å²) in [6, 6.07) is 7.49. The van der Waals surface area contributed by atoms with E-state index >= 15 is 0 Å². The van der Waals surface area contributed by atoms with Gasteiger partial charge in [-0.15, -0.1) is 0 Å². The first kappa shape index (κ1) is 12.1. The minimum atomic E-state index is 0.190. The maximum Gasteiger partial charge on any atom is 0.225 e. The molecule has 0 amide bonds. The van der Waals surface area contributed by atoms with E-state index in [1.165, 1.54) is 0 Å². The van der Waals surface area contributed by atoms with E-state index in [1.807, 2.05) is 18.2 Å². The lowest BCUT2D eigenvalue weighted by Gasteiger charge is -2.07. The molecule has 0 bridgehead atoms. The SMILES string of the molecule is CNc1cc(OCCc2ccccn2)nc(N)n1. The molecular formula is C12H15N5O. The number of nitrogen functional groups attached to an aromatic ring is 1. The van der Waals surface area contributed by atoms with Gasteiger partial charge in [-0.2, -0.15) is 9.97 Å². The molecule has 0 saturated carbocycles. The van der Waals surface area contributed by atoms with E-state index in [4.69, 9.17) is 10.5 Å². The Balaban J connectivity index is 1.92. The van der Waals surface area contributed by atoms with Gasteiger partial charge in [0.2, 0.25) is 11.8 Å². The molecule has 6 nitrogen and oxygen atoms in total. The van der Waals surface area contributed by atoms with Crippen LogP contribution in [-0.2, 0) is 6.42 Å². The summed E-state index contributed by atoms with van der Waals surface area (Å²) >= 11 is 0. The minimum absolute atomic E-state index is 0.190. The van der Waals surface area contributed by atoms with Crippen molar-refractivity contribution in [1.82, 2.24) is 15.0 Å². The quantitative estimate of drug-likeness (QED) is 0.820. The van der Waals surface area contributed by atoms with Gasteiger partial charge in [-0.1, -0.05) is 6.07 Å². The number of hydrogen-bond donors (Lipinski definition) is 2. The van der Waals surface area contributed by atoms with Gasteiger partial charge in [0.1, 0.15) is 5.82 Å². The maximum atomic E-state index is 5.56. The van der Waals surface area contributed by atoms with Gasteiger partial charge in [0, 0.05) is 31.4 Å². The van der Waals surface area contributed by atoms with E-state index in [1.54, 1.807) is 19.3 Å². The topological polar surface area (TPSA) is 86.0 Å². The first-order valence-corrected chi connectivity index (χ1v) is 5.63. The van der Waals surface area contributed by atoms with Crippen LogP contribution < -0.4 is 15.8 Å². The standard InChI is InChI=1S/C12H15N5O/c1-14-10-8-11(17-12(13)16-10)18-7-5-9-4-2-3-6-15-9/h2-4,6,8H,5,7H2,1H3,(H3,13,14,16,17). The monoisotopic (exact) mass is 245 g/mol. The Labute approximate surface area is 105 Å². The normalized spacial score (nSPS) is 10.1. The van der Waals surface area contributed by atoms with Crippen LogP contribution in [0.2, 0.25) is 0 Å². The van der Waals surface area contributed by atoms with Gasteiger partial charge >= 0.3 is 0 Å². The van der Waals surface area contributed by atoms with Gasteiger partial charge in [0.15, 0.2) is 0 Å². The maximum absolute atomic E-state index is 5.56. The fourth-order valence-corrected chi connectivity index (χ4v) is 1.45. The Morgan fingerprint density at radius 1 is 1.33 bits per heavy atom. The highest BCUT2D eigenvalue weighted by atomic mass is 16.5. The summed E-state index contributed by atoms with van der Waals surface area (Å²) in [5.74, 6) is 1.29. The van der Waals surface area contributed by atoms with Crippen LogP contribution in [0.3, 0.4) is 0 Å². The second kappa shape index (κ2) is 5.81. The van der Waals surface area contributed by atoms with Crippen molar-refractivity contribution < 1.29 is 4.74 Å². The summed E-state index contributed by atoms with van der Waals surface area (Å²) in [4.78, 5) is 12.2. The number of pyridine rings is 1. The van der Waals surface area contributed by atoms with E-state index in [9.17, 15) is 0 Å². The number of aromatic nitrogens is 3. The number of nitrogens with one attached hydrogen (secondary N) is 1. The molecule has 0 aromatic carbocycles. The van der Waals surface area contributed by atoms with E-state index in [0.717, 1.165) is 12.1 Å². The highest BCUT2D eigenvalue weighted by molar-refractivity contribution is 5.42. The van der Waals surface area contributed by atoms with Gasteiger partial charge in [0.25, 0.3) is 0 Å². The van der Waals surface area contributed by atoms with Crippen LogP contribution >= 0.6 is 0 Å². The third-order valence-corrected chi connectivity index (χ3v) is 2.31. The lowest BCUT2D eigenvalue weighted by molar-refractivity contribution is 0.308. The average Bonchev–Trinajstić information content (AvgIpc) is 2.39. The van der Waals surface area contributed by atoms with Crippen LogP contribution in [0.5, 0.6) is 5.88 Å². The van der Waals surface area contributed by atoms with Crippen molar-refractivity contribution in [2.45, 2.75) is 6.42 Å². The molecule has 3 N–H and O–H groups in total. The second-order valence-electron chi connectivity index (χ2n) is 3.62. The van der Waals surface area contributed by atoms with Gasteiger partial charge in [-0.05, 0) is 12.1 Å². The molecule has 2 heterocycles. The number of anilines is 2. The third-order valence-electron chi connectivity index (χ3n) is 2.31. The summed E-state index contributed by atoms with van der Waals surface area (Å²) in [6.45, 7) is 0.497. The number of nitrogens with two attached hydrogens (primary N) is 1. The molecular weight excluding hydrogens is 230 g/mol. The number of ether oxygens (including phenoxy) is 1. The highest BCUT2D eigenvalue weighted by Crippen LogP contribution is 2.14. The van der Waals surface area contributed by atoms with Crippen molar-refractivity contribution in [3.05, 3.63) is 36.2 Å². The second-order valence-corrected chi connectivity index (χ2v) is 3.62. The van der Waals surface area contributed by atoms with Crippen molar-refractivity contribution in [2.75, 3.05) is 24.7 Å². The molecule has 0 radical (unpaired) electrons. The molecule has 0 atom stereocenters. The Hall–Kier alpha value is -2.37. The Bertz CT molecular complexity index is 503. The first-order valence-electron chi connectivity index (χ1n) is 5.63. The Kier molecular flexibility index (Phi) is 3.90. The largest absolute Gasteiger partial charge is 0.477 e. The third kappa shape index (κ3) is 3.31. The van der Waals surface area contributed by atoms with Crippen molar-refractivity contribution >= 4 is 11.8 Å². The zero-order valence-corrected chi connectivity index (χ0v) is 10.1. The Morgan fingerprint density at radius 2 is 2.22 bits per heavy atom. The Morgan fingerprint density at radius 3 is 2.94 bits per heavy atom. The lowest BCUT2D eigenvalue weighted by atomic mass is 10.3. The molecule has 2 aromatic rings. The fraction of sp³-hybridized carbons (Fsp3) is 0.250. The van der Waals surface area contributed by atoms with Crippen molar-refractivity contribution in [2.24, 2.45) is 0 Å². The number of rotatable bonds is 5.